The lowest BCUT2D eigenvalue weighted by atomic mass is 10.1. The van der Waals surface area contributed by atoms with Crippen LogP contribution in [0.2, 0.25) is 0 Å². The maximum atomic E-state index is 10.9. The van der Waals surface area contributed by atoms with Gasteiger partial charge in [-0.25, -0.2) is 4.79 Å². The predicted octanol–water partition coefficient (Wildman–Crippen LogP) is 1.13. The van der Waals surface area contributed by atoms with Crippen molar-refractivity contribution in [3.8, 4) is 5.75 Å². The Morgan fingerprint density at radius 1 is 1.50 bits per heavy atom. The fourth-order valence-electron chi connectivity index (χ4n) is 1.10. The van der Waals surface area contributed by atoms with Crippen molar-refractivity contribution in [2.75, 3.05) is 7.05 Å². The molecule has 0 aromatic heterocycles. The first kappa shape index (κ1) is 10.4. The van der Waals surface area contributed by atoms with Gasteiger partial charge in [0.1, 0.15) is 5.75 Å². The summed E-state index contributed by atoms with van der Waals surface area (Å²) >= 11 is 0. The van der Waals surface area contributed by atoms with E-state index >= 15 is 0 Å². The molecule has 0 aliphatic carbocycles. The van der Waals surface area contributed by atoms with Crippen LogP contribution in [-0.2, 0) is 6.54 Å². The minimum atomic E-state index is -0.212. The number of hydrogen-bond acceptors (Lipinski definition) is 2. The molecule has 0 saturated carbocycles. The van der Waals surface area contributed by atoms with Crippen molar-refractivity contribution in [3.63, 3.8) is 0 Å². The first-order valence-electron chi connectivity index (χ1n) is 4.37. The van der Waals surface area contributed by atoms with E-state index in [9.17, 15) is 9.90 Å². The third kappa shape index (κ3) is 2.65. The summed E-state index contributed by atoms with van der Waals surface area (Å²) < 4.78 is 0. The maximum Gasteiger partial charge on any atom is 0.314 e. The van der Waals surface area contributed by atoms with Crippen LogP contribution in [0.15, 0.2) is 18.2 Å². The molecule has 4 nitrogen and oxygen atoms in total. The zero-order chi connectivity index (χ0) is 10.6. The van der Waals surface area contributed by atoms with Gasteiger partial charge in [0, 0.05) is 13.6 Å². The lowest BCUT2D eigenvalue weighted by Crippen LogP contribution is -2.32. The van der Waals surface area contributed by atoms with Crippen molar-refractivity contribution in [1.82, 2.24) is 10.6 Å². The van der Waals surface area contributed by atoms with Gasteiger partial charge in [0.2, 0.25) is 0 Å². The Kier molecular flexibility index (Phi) is 3.34. The maximum absolute atomic E-state index is 10.9. The first-order valence-corrected chi connectivity index (χ1v) is 4.37. The molecule has 3 N–H and O–H groups in total. The number of rotatable bonds is 2. The lowest BCUT2D eigenvalue weighted by Gasteiger charge is -2.06. The highest BCUT2D eigenvalue weighted by atomic mass is 16.3. The molecule has 14 heavy (non-hydrogen) atoms. The molecule has 0 heterocycles. The van der Waals surface area contributed by atoms with Crippen LogP contribution in [-0.4, -0.2) is 18.2 Å². The second-order valence-corrected chi connectivity index (χ2v) is 3.05. The summed E-state index contributed by atoms with van der Waals surface area (Å²) in [6.07, 6.45) is 0. The van der Waals surface area contributed by atoms with Crippen molar-refractivity contribution in [2.24, 2.45) is 0 Å². The van der Waals surface area contributed by atoms with Crippen molar-refractivity contribution in [3.05, 3.63) is 29.3 Å². The molecular formula is C10H14N2O2. The summed E-state index contributed by atoms with van der Waals surface area (Å²) in [6, 6.07) is 5.02. The Balaban J connectivity index is 2.60. The number of urea groups is 1. The monoisotopic (exact) mass is 194 g/mol. The molecule has 1 rings (SSSR count). The fraction of sp³-hybridized carbons (Fsp3) is 0.300. The number of hydrogen-bond donors (Lipinski definition) is 3. The molecule has 0 spiro atoms. The zero-order valence-corrected chi connectivity index (χ0v) is 8.29. The summed E-state index contributed by atoms with van der Waals surface area (Å²) in [6.45, 7) is 2.28. The highest BCUT2D eigenvalue weighted by Crippen LogP contribution is 2.16. The third-order valence-corrected chi connectivity index (χ3v) is 1.94. The molecule has 0 atom stereocenters. The molecule has 0 unspecified atom stereocenters. The van der Waals surface area contributed by atoms with Gasteiger partial charge in [-0.1, -0.05) is 12.1 Å². The van der Waals surface area contributed by atoms with E-state index in [4.69, 9.17) is 0 Å². The van der Waals surface area contributed by atoms with Crippen LogP contribution < -0.4 is 10.6 Å². The quantitative estimate of drug-likeness (QED) is 0.661. The van der Waals surface area contributed by atoms with Gasteiger partial charge in [-0.3, -0.25) is 0 Å². The van der Waals surface area contributed by atoms with Crippen molar-refractivity contribution in [1.29, 1.82) is 0 Å². The van der Waals surface area contributed by atoms with E-state index in [1.54, 1.807) is 19.2 Å². The molecule has 0 fully saturated rings. The molecular weight excluding hydrogens is 180 g/mol. The molecule has 0 aliphatic rings. The molecule has 4 heteroatoms. The zero-order valence-electron chi connectivity index (χ0n) is 8.29. The van der Waals surface area contributed by atoms with E-state index in [0.29, 0.717) is 6.54 Å². The van der Waals surface area contributed by atoms with Gasteiger partial charge in [-0.2, -0.15) is 0 Å². The molecule has 0 aliphatic heterocycles. The summed E-state index contributed by atoms with van der Waals surface area (Å²) in [5, 5.41) is 14.4. The van der Waals surface area contributed by atoms with Crippen molar-refractivity contribution in [2.45, 2.75) is 13.5 Å². The molecule has 0 saturated heterocycles. The minimum Gasteiger partial charge on any atom is -0.508 e. The van der Waals surface area contributed by atoms with Crippen LogP contribution in [0.25, 0.3) is 0 Å². The van der Waals surface area contributed by atoms with Gasteiger partial charge < -0.3 is 15.7 Å². The number of phenols is 1. The van der Waals surface area contributed by atoms with Crippen LogP contribution >= 0.6 is 0 Å². The van der Waals surface area contributed by atoms with Gasteiger partial charge in [0.25, 0.3) is 0 Å². The molecule has 0 bridgehead atoms. The van der Waals surface area contributed by atoms with E-state index in [1.807, 2.05) is 13.0 Å². The number of carbonyl (C=O) groups is 1. The SMILES string of the molecule is CNC(=O)NCc1ccc(O)c(C)c1. The summed E-state index contributed by atoms with van der Waals surface area (Å²) in [4.78, 5) is 10.9. The van der Waals surface area contributed by atoms with Crippen molar-refractivity contribution < 1.29 is 9.90 Å². The predicted molar refractivity (Wildman–Crippen MR) is 54.1 cm³/mol. The average Bonchev–Trinajstić information content (AvgIpc) is 2.19. The molecule has 1 aromatic rings. The van der Waals surface area contributed by atoms with Gasteiger partial charge in [0.15, 0.2) is 0 Å². The van der Waals surface area contributed by atoms with E-state index in [2.05, 4.69) is 10.6 Å². The fourth-order valence-corrected chi connectivity index (χ4v) is 1.10. The van der Waals surface area contributed by atoms with E-state index in [0.717, 1.165) is 11.1 Å². The molecule has 76 valence electrons. The largest absolute Gasteiger partial charge is 0.508 e. The summed E-state index contributed by atoms with van der Waals surface area (Å²) in [5.74, 6) is 0.272. The van der Waals surface area contributed by atoms with Gasteiger partial charge >= 0.3 is 6.03 Å². The number of nitrogens with one attached hydrogen (secondary N) is 2. The average molecular weight is 194 g/mol. The van der Waals surface area contributed by atoms with Crippen LogP contribution in [0.1, 0.15) is 11.1 Å². The molecule has 0 radical (unpaired) electrons. The topological polar surface area (TPSA) is 61.4 Å². The second kappa shape index (κ2) is 4.50. The van der Waals surface area contributed by atoms with Crippen LogP contribution in [0, 0.1) is 6.92 Å². The highest BCUT2D eigenvalue weighted by Gasteiger charge is 1.99. The Bertz CT molecular complexity index is 337. The van der Waals surface area contributed by atoms with Crippen LogP contribution in [0.4, 0.5) is 4.79 Å². The number of benzene rings is 1. The number of aryl methyl sites for hydroxylation is 1. The van der Waals surface area contributed by atoms with E-state index in [-0.39, 0.29) is 11.8 Å². The minimum absolute atomic E-state index is 0.212. The number of amides is 2. The summed E-state index contributed by atoms with van der Waals surface area (Å²) in [5.41, 5.74) is 1.77. The molecule has 1 aromatic carbocycles. The highest BCUT2D eigenvalue weighted by molar-refractivity contribution is 5.73. The van der Waals surface area contributed by atoms with Crippen LogP contribution in [0.3, 0.4) is 0 Å². The number of aromatic hydroxyl groups is 1. The Labute approximate surface area is 82.9 Å². The van der Waals surface area contributed by atoms with Crippen LogP contribution in [0.5, 0.6) is 5.75 Å². The summed E-state index contributed by atoms with van der Waals surface area (Å²) in [7, 11) is 1.57. The Hall–Kier alpha value is -1.71. The van der Waals surface area contributed by atoms with E-state index in [1.165, 1.54) is 0 Å². The van der Waals surface area contributed by atoms with E-state index < -0.39 is 0 Å². The van der Waals surface area contributed by atoms with Gasteiger partial charge in [-0.15, -0.1) is 0 Å². The van der Waals surface area contributed by atoms with Crippen molar-refractivity contribution >= 4 is 6.03 Å². The Morgan fingerprint density at radius 2 is 2.21 bits per heavy atom. The lowest BCUT2D eigenvalue weighted by molar-refractivity contribution is 0.242. The normalized spacial score (nSPS) is 9.57. The number of phenolic OH excluding ortho intramolecular Hbond substituents is 1. The first-order chi connectivity index (χ1) is 6.63. The Morgan fingerprint density at radius 3 is 2.79 bits per heavy atom. The van der Waals surface area contributed by atoms with Gasteiger partial charge in [-0.05, 0) is 24.1 Å². The molecule has 2 amide bonds. The second-order valence-electron chi connectivity index (χ2n) is 3.05. The number of carbonyl (C=O) groups excluding carboxylic acids is 1. The third-order valence-electron chi connectivity index (χ3n) is 1.94. The standard InChI is InChI=1S/C10H14N2O2/c1-7-5-8(3-4-9(7)13)6-12-10(14)11-2/h3-5,13H,6H2,1-2H3,(H2,11,12,14). The smallest absolute Gasteiger partial charge is 0.314 e. The van der Waals surface area contributed by atoms with Gasteiger partial charge in [0.05, 0.1) is 0 Å².